The Kier molecular flexibility index (Phi) is 5.46. The molecule has 27 heavy (non-hydrogen) atoms. The second kappa shape index (κ2) is 7.96. The second-order valence-corrected chi connectivity index (χ2v) is 6.56. The summed E-state index contributed by atoms with van der Waals surface area (Å²) in [6, 6.07) is 14.7. The highest BCUT2D eigenvalue weighted by Crippen LogP contribution is 2.27. The van der Waals surface area contributed by atoms with Crippen LogP contribution in [0.3, 0.4) is 0 Å². The molecular weight excluding hydrogens is 337 g/mol. The first-order chi connectivity index (χ1) is 13.0. The van der Waals surface area contributed by atoms with Crippen LogP contribution in [0.4, 0.5) is 10.2 Å². The summed E-state index contributed by atoms with van der Waals surface area (Å²) in [5.41, 5.74) is 12.2. The van der Waals surface area contributed by atoms with Crippen LogP contribution in [0.5, 0.6) is 0 Å². The Morgan fingerprint density at radius 2 is 1.78 bits per heavy atom. The summed E-state index contributed by atoms with van der Waals surface area (Å²) in [5, 5.41) is 0. The fourth-order valence-electron chi connectivity index (χ4n) is 3.04. The average Bonchev–Trinajstić information content (AvgIpc) is 2.62. The minimum Gasteiger partial charge on any atom is -0.405 e. The van der Waals surface area contributed by atoms with Crippen molar-refractivity contribution < 1.29 is 4.39 Å². The topological polar surface area (TPSA) is 51.3 Å². The normalized spacial score (nSPS) is 11.6. The zero-order valence-electron chi connectivity index (χ0n) is 15.7. The molecule has 0 aliphatic heterocycles. The van der Waals surface area contributed by atoms with Crippen LogP contribution < -0.4 is 5.73 Å². The van der Waals surface area contributed by atoms with Crippen LogP contribution in [0.25, 0.3) is 17.2 Å². The minimum absolute atomic E-state index is 0.254. The molecule has 0 aliphatic carbocycles. The molecule has 0 fully saturated rings. The Hall–Kier alpha value is -3.27. The third-order valence-corrected chi connectivity index (χ3v) is 4.29. The second-order valence-electron chi connectivity index (χ2n) is 6.56. The lowest BCUT2D eigenvalue weighted by molar-refractivity contribution is 0.628. The first kappa shape index (κ1) is 18.5. The van der Waals surface area contributed by atoms with Gasteiger partial charge in [0.25, 0.3) is 0 Å². The maximum absolute atomic E-state index is 13.7. The van der Waals surface area contributed by atoms with Gasteiger partial charge in [0.1, 0.15) is 5.82 Å². The monoisotopic (exact) mass is 359 g/mol. The van der Waals surface area contributed by atoms with Gasteiger partial charge in [-0.2, -0.15) is 0 Å². The van der Waals surface area contributed by atoms with Gasteiger partial charge in [0.05, 0.1) is 0 Å². The van der Waals surface area contributed by atoms with Crippen molar-refractivity contribution in [2.24, 2.45) is 10.7 Å². The van der Waals surface area contributed by atoms with Crippen molar-refractivity contribution in [3.63, 3.8) is 0 Å². The molecule has 3 aromatic rings. The van der Waals surface area contributed by atoms with E-state index in [1.807, 2.05) is 57.2 Å². The number of nitrogens with two attached hydrogens (primary N) is 1. The van der Waals surface area contributed by atoms with Gasteiger partial charge in [-0.05, 0) is 91.2 Å². The molecule has 0 radical (unpaired) electrons. The minimum atomic E-state index is -0.254. The standard InChI is InChI=1S/C23H22FN3/c1-15-10-17(3)27-23(11-15)26-14-20-12-19(6-5-18(20)8-9-25)22-13-21(24)7-4-16(22)2/h4-14H,25H2,1-3H3/b9-8+,26-14-. The number of nitrogens with zero attached hydrogens (tertiary/aromatic N) is 2. The van der Waals surface area contributed by atoms with Crippen molar-refractivity contribution in [3.8, 4) is 11.1 Å². The molecule has 4 heteroatoms. The summed E-state index contributed by atoms with van der Waals surface area (Å²) in [6.07, 6.45) is 5.09. The molecule has 3 rings (SSSR count). The quantitative estimate of drug-likeness (QED) is 0.626. The van der Waals surface area contributed by atoms with E-state index in [1.165, 1.54) is 12.3 Å². The Labute approximate surface area is 159 Å². The molecular formula is C23H22FN3. The van der Waals surface area contributed by atoms with Gasteiger partial charge in [-0.15, -0.1) is 0 Å². The third kappa shape index (κ3) is 4.47. The van der Waals surface area contributed by atoms with Gasteiger partial charge in [0.15, 0.2) is 5.82 Å². The maximum atomic E-state index is 13.7. The summed E-state index contributed by atoms with van der Waals surface area (Å²) in [5.74, 6) is 0.402. The molecule has 0 saturated heterocycles. The van der Waals surface area contributed by atoms with E-state index in [-0.39, 0.29) is 5.82 Å². The molecule has 136 valence electrons. The number of rotatable bonds is 4. The summed E-state index contributed by atoms with van der Waals surface area (Å²) >= 11 is 0. The van der Waals surface area contributed by atoms with E-state index in [9.17, 15) is 4.39 Å². The van der Waals surface area contributed by atoms with Gasteiger partial charge in [-0.1, -0.05) is 18.2 Å². The Balaban J connectivity index is 2.06. The van der Waals surface area contributed by atoms with Crippen LogP contribution in [0, 0.1) is 26.6 Å². The van der Waals surface area contributed by atoms with E-state index in [0.717, 1.165) is 39.1 Å². The van der Waals surface area contributed by atoms with Crippen LogP contribution in [0.2, 0.25) is 0 Å². The molecule has 0 bridgehead atoms. The number of hydrogen-bond donors (Lipinski definition) is 1. The van der Waals surface area contributed by atoms with Gasteiger partial charge in [-0.25, -0.2) is 14.4 Å². The average molecular weight is 359 g/mol. The number of halogens is 1. The van der Waals surface area contributed by atoms with Crippen molar-refractivity contribution in [2.75, 3.05) is 0 Å². The number of hydrogen-bond acceptors (Lipinski definition) is 3. The SMILES string of the molecule is Cc1cc(C)nc(/N=C\c2cc(-c3cc(F)ccc3C)ccc2/C=C/N)c1. The molecule has 1 heterocycles. The fraction of sp³-hybridized carbons (Fsp3) is 0.130. The molecule has 0 amide bonds. The number of aliphatic imine (C=N–C) groups is 1. The highest BCUT2D eigenvalue weighted by molar-refractivity contribution is 5.89. The molecule has 0 saturated carbocycles. The van der Waals surface area contributed by atoms with E-state index >= 15 is 0 Å². The van der Waals surface area contributed by atoms with E-state index in [0.29, 0.717) is 5.82 Å². The number of pyridine rings is 1. The Morgan fingerprint density at radius 3 is 2.52 bits per heavy atom. The molecule has 2 aromatic carbocycles. The van der Waals surface area contributed by atoms with Crippen molar-refractivity contribution in [1.29, 1.82) is 0 Å². The van der Waals surface area contributed by atoms with Crippen molar-refractivity contribution in [3.05, 3.63) is 88.5 Å². The first-order valence-electron chi connectivity index (χ1n) is 8.74. The smallest absolute Gasteiger partial charge is 0.152 e. The summed E-state index contributed by atoms with van der Waals surface area (Å²) in [7, 11) is 0. The molecule has 3 nitrogen and oxygen atoms in total. The van der Waals surface area contributed by atoms with Crippen molar-refractivity contribution >= 4 is 18.1 Å². The van der Waals surface area contributed by atoms with Gasteiger partial charge in [0, 0.05) is 17.5 Å². The highest BCUT2D eigenvalue weighted by Gasteiger charge is 2.07. The van der Waals surface area contributed by atoms with Crippen LogP contribution in [0.15, 0.2) is 59.7 Å². The van der Waals surface area contributed by atoms with E-state index in [1.54, 1.807) is 18.3 Å². The molecule has 2 N–H and O–H groups in total. The summed E-state index contributed by atoms with van der Waals surface area (Å²) < 4.78 is 13.7. The molecule has 0 aliphatic rings. The predicted octanol–water partition coefficient (Wildman–Crippen LogP) is 5.49. The lowest BCUT2D eigenvalue weighted by Crippen LogP contribution is -1.93. The lowest BCUT2D eigenvalue weighted by Gasteiger charge is -2.09. The Morgan fingerprint density at radius 1 is 0.963 bits per heavy atom. The van der Waals surface area contributed by atoms with Crippen LogP contribution in [-0.4, -0.2) is 11.2 Å². The van der Waals surface area contributed by atoms with Gasteiger partial charge >= 0.3 is 0 Å². The van der Waals surface area contributed by atoms with Crippen LogP contribution >= 0.6 is 0 Å². The zero-order valence-corrected chi connectivity index (χ0v) is 15.7. The lowest BCUT2D eigenvalue weighted by atomic mass is 9.96. The number of benzene rings is 2. The van der Waals surface area contributed by atoms with E-state index in [4.69, 9.17) is 5.73 Å². The Bertz CT molecular complexity index is 1020. The summed E-state index contributed by atoms with van der Waals surface area (Å²) in [6.45, 7) is 5.93. The van der Waals surface area contributed by atoms with Crippen molar-refractivity contribution in [2.45, 2.75) is 20.8 Å². The third-order valence-electron chi connectivity index (χ3n) is 4.29. The van der Waals surface area contributed by atoms with Crippen LogP contribution in [0.1, 0.15) is 27.9 Å². The summed E-state index contributed by atoms with van der Waals surface area (Å²) in [4.78, 5) is 8.97. The van der Waals surface area contributed by atoms with E-state index in [2.05, 4.69) is 9.98 Å². The predicted molar refractivity (Wildman–Crippen MR) is 111 cm³/mol. The number of aromatic nitrogens is 1. The molecule has 0 unspecified atom stereocenters. The zero-order chi connectivity index (χ0) is 19.4. The van der Waals surface area contributed by atoms with Gasteiger partial charge in [0.2, 0.25) is 0 Å². The van der Waals surface area contributed by atoms with Gasteiger partial charge in [-0.3, -0.25) is 0 Å². The largest absolute Gasteiger partial charge is 0.405 e. The first-order valence-corrected chi connectivity index (χ1v) is 8.74. The fourth-order valence-corrected chi connectivity index (χ4v) is 3.04. The molecule has 0 spiro atoms. The van der Waals surface area contributed by atoms with E-state index < -0.39 is 0 Å². The van der Waals surface area contributed by atoms with Crippen molar-refractivity contribution in [1.82, 2.24) is 4.98 Å². The maximum Gasteiger partial charge on any atom is 0.152 e. The van der Waals surface area contributed by atoms with Crippen LogP contribution in [-0.2, 0) is 0 Å². The number of aryl methyl sites for hydroxylation is 3. The molecule has 1 aromatic heterocycles. The van der Waals surface area contributed by atoms with Gasteiger partial charge < -0.3 is 5.73 Å². The highest BCUT2D eigenvalue weighted by atomic mass is 19.1. The molecule has 0 atom stereocenters.